The van der Waals surface area contributed by atoms with Crippen LogP contribution in [0.3, 0.4) is 0 Å². The van der Waals surface area contributed by atoms with Crippen LogP contribution in [0.25, 0.3) is 22.3 Å². The Kier molecular flexibility index (Phi) is 7.49. The van der Waals surface area contributed by atoms with Gasteiger partial charge in [0.25, 0.3) is 5.91 Å². The van der Waals surface area contributed by atoms with E-state index < -0.39 is 0 Å². The molecule has 2 atom stereocenters. The van der Waals surface area contributed by atoms with Crippen molar-refractivity contribution < 1.29 is 14.3 Å². The van der Waals surface area contributed by atoms with Gasteiger partial charge in [0.2, 0.25) is 5.95 Å². The van der Waals surface area contributed by atoms with Gasteiger partial charge in [0.05, 0.1) is 48.8 Å². The highest BCUT2D eigenvalue weighted by Crippen LogP contribution is 2.37. The van der Waals surface area contributed by atoms with E-state index in [0.29, 0.717) is 44.2 Å². The minimum atomic E-state index is -0.175. The first-order chi connectivity index (χ1) is 21.2. The van der Waals surface area contributed by atoms with Crippen molar-refractivity contribution >= 4 is 40.1 Å². The molecule has 3 fully saturated rings. The summed E-state index contributed by atoms with van der Waals surface area (Å²) >= 11 is 0. The normalized spacial score (nSPS) is 19.8. The zero-order valence-corrected chi connectivity index (χ0v) is 24.0. The number of ether oxygens (including phenoxy) is 2. The summed E-state index contributed by atoms with van der Waals surface area (Å²) < 4.78 is 10.7. The molecule has 0 spiro atoms. The second kappa shape index (κ2) is 11.9. The van der Waals surface area contributed by atoms with Crippen molar-refractivity contribution in [2.24, 2.45) is 0 Å². The molecule has 3 saturated heterocycles. The second-order valence-corrected chi connectivity index (χ2v) is 11.0. The Morgan fingerprint density at radius 2 is 1.77 bits per heavy atom. The van der Waals surface area contributed by atoms with Crippen LogP contribution in [0, 0.1) is 11.8 Å². The Hall–Kier alpha value is -4.73. The van der Waals surface area contributed by atoms with Crippen LogP contribution < -0.4 is 15.1 Å². The molecule has 1 aromatic carbocycles. The summed E-state index contributed by atoms with van der Waals surface area (Å²) in [6.45, 7) is 4.23. The van der Waals surface area contributed by atoms with Crippen molar-refractivity contribution in [1.82, 2.24) is 29.8 Å². The van der Waals surface area contributed by atoms with Gasteiger partial charge in [-0.05, 0) is 42.5 Å². The number of rotatable bonds is 6. The molecule has 0 saturated carbocycles. The standard InChI is InChI=1S/C31H33N9O3/c1-42-14-2-3-28(41)38-10-12-39(13-11-38)31-32-16-23(17-33-31)36-22-6-4-21(5-7-22)27-15-26-29(37-27)34-20-35-30(26)40-24-8-9-25(40)19-43-18-24/h4-7,15-17,20,24-25,36H,8-14,18-19H2,1H3,(H,34,35,37)/t24-,25+. The lowest BCUT2D eigenvalue weighted by Gasteiger charge is -2.35. The van der Waals surface area contributed by atoms with E-state index in [1.807, 2.05) is 12.1 Å². The highest BCUT2D eigenvalue weighted by molar-refractivity contribution is 5.94. The van der Waals surface area contributed by atoms with Gasteiger partial charge >= 0.3 is 0 Å². The average Bonchev–Trinajstić information content (AvgIpc) is 3.59. The van der Waals surface area contributed by atoms with E-state index in [9.17, 15) is 4.79 Å². The maximum absolute atomic E-state index is 12.2. The van der Waals surface area contributed by atoms with Gasteiger partial charge in [-0.3, -0.25) is 4.79 Å². The number of methoxy groups -OCH3 is 1. The minimum absolute atomic E-state index is 0.175. The van der Waals surface area contributed by atoms with Crippen molar-refractivity contribution in [2.45, 2.75) is 24.9 Å². The summed E-state index contributed by atoms with van der Waals surface area (Å²) in [5.41, 5.74) is 4.63. The third-order valence-electron chi connectivity index (χ3n) is 8.27. The largest absolute Gasteiger partial charge is 0.377 e. The molecule has 2 N–H and O–H groups in total. The van der Waals surface area contributed by atoms with Crippen LogP contribution in [0.5, 0.6) is 0 Å². The van der Waals surface area contributed by atoms with Gasteiger partial charge in [0, 0.05) is 44.7 Å². The molecule has 12 nitrogen and oxygen atoms in total. The molecule has 3 aliphatic heterocycles. The van der Waals surface area contributed by atoms with Crippen molar-refractivity contribution in [3.63, 3.8) is 0 Å². The molecule has 0 aliphatic carbocycles. The van der Waals surface area contributed by atoms with E-state index in [4.69, 9.17) is 9.47 Å². The smallest absolute Gasteiger partial charge is 0.298 e. The summed E-state index contributed by atoms with van der Waals surface area (Å²) in [5, 5.41) is 4.42. The van der Waals surface area contributed by atoms with Gasteiger partial charge in [-0.25, -0.2) is 19.9 Å². The van der Waals surface area contributed by atoms with Crippen LogP contribution in [0.2, 0.25) is 0 Å². The summed E-state index contributed by atoms with van der Waals surface area (Å²) in [7, 11) is 1.56. The number of anilines is 4. The summed E-state index contributed by atoms with van der Waals surface area (Å²) in [6, 6.07) is 11.1. The number of nitrogens with one attached hydrogen (secondary N) is 2. The fourth-order valence-corrected chi connectivity index (χ4v) is 6.08. The van der Waals surface area contributed by atoms with Crippen LogP contribution in [-0.2, 0) is 14.3 Å². The summed E-state index contributed by atoms with van der Waals surface area (Å²) in [5.74, 6) is 6.79. The van der Waals surface area contributed by atoms with Gasteiger partial charge in [-0.15, -0.1) is 0 Å². The lowest BCUT2D eigenvalue weighted by Crippen LogP contribution is -2.49. The number of hydrogen-bond donors (Lipinski definition) is 2. The number of amides is 1. The van der Waals surface area contributed by atoms with Crippen LogP contribution >= 0.6 is 0 Å². The van der Waals surface area contributed by atoms with E-state index >= 15 is 0 Å². The lowest BCUT2D eigenvalue weighted by molar-refractivity contribution is -0.125. The van der Waals surface area contributed by atoms with Gasteiger partial charge in [-0.1, -0.05) is 18.1 Å². The molecule has 6 heterocycles. The van der Waals surface area contributed by atoms with E-state index in [1.54, 1.807) is 30.7 Å². The van der Waals surface area contributed by atoms with Crippen molar-refractivity contribution in [3.8, 4) is 23.1 Å². The highest BCUT2D eigenvalue weighted by atomic mass is 16.5. The maximum Gasteiger partial charge on any atom is 0.298 e. The van der Waals surface area contributed by atoms with Crippen molar-refractivity contribution in [3.05, 3.63) is 49.1 Å². The number of carbonyl (C=O) groups excluding carboxylic acids is 1. The Labute approximate surface area is 249 Å². The molecule has 12 heteroatoms. The van der Waals surface area contributed by atoms with E-state index in [2.05, 4.69) is 70.1 Å². The van der Waals surface area contributed by atoms with Gasteiger partial charge in [0.15, 0.2) is 0 Å². The quantitative estimate of drug-likeness (QED) is 0.330. The number of morpholine rings is 1. The number of aromatic amines is 1. The molecule has 4 aromatic rings. The monoisotopic (exact) mass is 579 g/mol. The fraction of sp³-hybridized carbons (Fsp3) is 0.387. The number of carbonyl (C=O) groups is 1. The number of piperazine rings is 1. The molecular weight excluding hydrogens is 546 g/mol. The minimum Gasteiger partial charge on any atom is -0.377 e. The highest BCUT2D eigenvalue weighted by Gasteiger charge is 2.39. The zero-order valence-electron chi connectivity index (χ0n) is 24.0. The molecule has 43 heavy (non-hydrogen) atoms. The topological polar surface area (TPSA) is 125 Å². The zero-order chi connectivity index (χ0) is 29.2. The van der Waals surface area contributed by atoms with E-state index in [-0.39, 0.29) is 12.5 Å². The molecule has 3 aliphatic rings. The van der Waals surface area contributed by atoms with Gasteiger partial charge in [0.1, 0.15) is 24.4 Å². The second-order valence-electron chi connectivity index (χ2n) is 11.0. The molecule has 0 radical (unpaired) electrons. The first-order valence-corrected chi connectivity index (χ1v) is 14.6. The predicted molar refractivity (Wildman–Crippen MR) is 163 cm³/mol. The number of fused-ring (bicyclic) bond motifs is 3. The Morgan fingerprint density at radius 1 is 1.02 bits per heavy atom. The predicted octanol–water partition coefficient (Wildman–Crippen LogP) is 2.82. The van der Waals surface area contributed by atoms with E-state index in [0.717, 1.165) is 65.5 Å². The van der Waals surface area contributed by atoms with Gasteiger partial charge < -0.3 is 34.5 Å². The van der Waals surface area contributed by atoms with Crippen LogP contribution in [0.1, 0.15) is 12.8 Å². The Morgan fingerprint density at radius 3 is 2.49 bits per heavy atom. The van der Waals surface area contributed by atoms with Crippen LogP contribution in [0.15, 0.2) is 49.1 Å². The summed E-state index contributed by atoms with van der Waals surface area (Å²) in [4.78, 5) is 40.2. The Bertz CT molecular complexity index is 1640. The molecule has 1 amide bonds. The SMILES string of the molecule is COCC#CC(=O)N1CCN(c2ncc(Nc3ccc(-c4cc5c(N6[C@@H]7CC[C@H]6COC7)ncnc5[nH]4)cc3)cn2)CC1. The van der Waals surface area contributed by atoms with Crippen molar-refractivity contribution in [1.29, 1.82) is 0 Å². The first-order valence-electron chi connectivity index (χ1n) is 14.6. The van der Waals surface area contributed by atoms with Crippen LogP contribution in [-0.4, -0.2) is 101 Å². The fourth-order valence-electron chi connectivity index (χ4n) is 6.08. The number of benzene rings is 1. The molecule has 3 aromatic heterocycles. The third kappa shape index (κ3) is 5.57. The molecule has 2 bridgehead atoms. The van der Waals surface area contributed by atoms with Gasteiger partial charge in [-0.2, -0.15) is 0 Å². The lowest BCUT2D eigenvalue weighted by atomic mass is 10.1. The Balaban J connectivity index is 0.986. The first kappa shape index (κ1) is 27.1. The molecule has 220 valence electrons. The maximum atomic E-state index is 12.2. The van der Waals surface area contributed by atoms with E-state index in [1.165, 1.54) is 0 Å². The number of hydrogen-bond acceptors (Lipinski definition) is 10. The van der Waals surface area contributed by atoms with Crippen molar-refractivity contribution in [2.75, 3.05) is 68.2 Å². The molecular formula is C31H33N9O3. The molecule has 0 unspecified atom stereocenters. The molecule has 7 rings (SSSR count). The number of nitrogens with zero attached hydrogens (tertiary/aromatic N) is 7. The average molecular weight is 580 g/mol. The third-order valence-corrected chi connectivity index (χ3v) is 8.27. The number of aromatic nitrogens is 5. The van der Waals surface area contributed by atoms with Crippen LogP contribution in [0.4, 0.5) is 23.1 Å². The number of H-pyrrole nitrogens is 1. The summed E-state index contributed by atoms with van der Waals surface area (Å²) in [6.07, 6.45) is 7.48.